The molecule has 2 heterocycles. The molecule has 0 atom stereocenters. The normalized spacial score (nSPS) is 10.4. The van der Waals surface area contributed by atoms with Crippen molar-refractivity contribution in [3.05, 3.63) is 54.5 Å². The molecule has 100 valence electrons. The number of fused-ring (bicyclic) bond motifs is 1. The van der Waals surface area contributed by atoms with E-state index in [2.05, 4.69) is 20.7 Å². The first-order valence-electron chi connectivity index (χ1n) is 6.16. The van der Waals surface area contributed by atoms with E-state index in [1.54, 1.807) is 30.0 Å². The number of anilines is 2. The quantitative estimate of drug-likeness (QED) is 0.759. The number of aromatic nitrogens is 3. The molecule has 0 saturated heterocycles. The number of nitrogens with one attached hydrogen (secondary N) is 2. The Kier molecular flexibility index (Phi) is 3.04. The lowest BCUT2D eigenvalue weighted by atomic mass is 10.3. The monoisotopic (exact) mass is 267 g/mol. The number of nitrogens with zero attached hydrogens (tertiary/aromatic N) is 3. The molecule has 0 saturated carbocycles. The Morgan fingerprint density at radius 1 is 1.20 bits per heavy atom. The average molecular weight is 267 g/mol. The first-order valence-corrected chi connectivity index (χ1v) is 6.16. The molecule has 20 heavy (non-hydrogen) atoms. The van der Waals surface area contributed by atoms with Gasteiger partial charge < -0.3 is 10.6 Å². The first kappa shape index (κ1) is 12.2. The van der Waals surface area contributed by atoms with E-state index in [-0.39, 0.29) is 5.91 Å². The molecule has 0 aliphatic rings. The van der Waals surface area contributed by atoms with Gasteiger partial charge in [-0.1, -0.05) is 18.2 Å². The molecule has 1 amide bonds. The summed E-state index contributed by atoms with van der Waals surface area (Å²) < 4.78 is 1.58. The summed E-state index contributed by atoms with van der Waals surface area (Å²) in [5.74, 6) is -0.229. The molecule has 2 aromatic heterocycles. The topological polar surface area (TPSA) is 71.3 Å². The van der Waals surface area contributed by atoms with E-state index in [0.29, 0.717) is 11.3 Å². The van der Waals surface area contributed by atoms with Gasteiger partial charge in [0, 0.05) is 18.8 Å². The lowest BCUT2D eigenvalue weighted by molar-refractivity contribution is 0.0958. The zero-order chi connectivity index (χ0) is 13.9. The molecule has 1 aromatic carbocycles. The van der Waals surface area contributed by atoms with Gasteiger partial charge in [-0.3, -0.25) is 4.79 Å². The second-order valence-electron chi connectivity index (χ2n) is 4.25. The summed E-state index contributed by atoms with van der Waals surface area (Å²) in [6.07, 6.45) is 3.50. The number of para-hydroxylation sites is 1. The fraction of sp³-hybridized carbons (Fsp3) is 0.0714. The average Bonchev–Trinajstić information content (AvgIpc) is 2.90. The van der Waals surface area contributed by atoms with Crippen molar-refractivity contribution in [3.8, 4) is 0 Å². The highest BCUT2D eigenvalue weighted by atomic mass is 16.1. The second kappa shape index (κ2) is 5.00. The van der Waals surface area contributed by atoms with Crippen molar-refractivity contribution in [2.24, 2.45) is 0 Å². The molecule has 0 aliphatic carbocycles. The summed E-state index contributed by atoms with van der Waals surface area (Å²) in [5, 5.41) is 9.95. The van der Waals surface area contributed by atoms with Gasteiger partial charge in [0.1, 0.15) is 0 Å². The molecule has 6 heteroatoms. The van der Waals surface area contributed by atoms with Crippen molar-refractivity contribution in [1.82, 2.24) is 19.9 Å². The summed E-state index contributed by atoms with van der Waals surface area (Å²) in [4.78, 5) is 15.8. The van der Waals surface area contributed by atoms with Gasteiger partial charge >= 0.3 is 0 Å². The zero-order valence-corrected chi connectivity index (χ0v) is 10.9. The van der Waals surface area contributed by atoms with Crippen LogP contribution in [0.1, 0.15) is 10.5 Å². The summed E-state index contributed by atoms with van der Waals surface area (Å²) in [7, 11) is 1.57. The molecule has 3 rings (SSSR count). The van der Waals surface area contributed by atoms with Crippen LogP contribution < -0.4 is 10.6 Å². The van der Waals surface area contributed by atoms with Crippen molar-refractivity contribution in [1.29, 1.82) is 0 Å². The largest absolute Gasteiger partial charge is 0.354 e. The zero-order valence-electron chi connectivity index (χ0n) is 10.9. The molecule has 2 N–H and O–H groups in total. The van der Waals surface area contributed by atoms with Gasteiger partial charge in [0.15, 0.2) is 11.3 Å². The van der Waals surface area contributed by atoms with Crippen LogP contribution in [0.5, 0.6) is 0 Å². The van der Waals surface area contributed by atoms with Gasteiger partial charge in [-0.15, -0.1) is 0 Å². The fourth-order valence-electron chi connectivity index (χ4n) is 1.87. The molecule has 3 aromatic rings. The molecule has 0 radical (unpaired) electrons. The SMILES string of the molecule is CNC(=O)c1cc2ncc(Nc3ccccc3)cn2n1. The lowest BCUT2D eigenvalue weighted by Gasteiger charge is -2.05. The van der Waals surface area contributed by atoms with Crippen LogP contribution in [-0.4, -0.2) is 27.6 Å². The summed E-state index contributed by atoms with van der Waals surface area (Å²) >= 11 is 0. The Hall–Kier alpha value is -2.89. The number of carbonyl (C=O) groups is 1. The molecule has 0 bridgehead atoms. The van der Waals surface area contributed by atoms with E-state index in [9.17, 15) is 4.79 Å². The van der Waals surface area contributed by atoms with Gasteiger partial charge in [0.05, 0.1) is 18.1 Å². The number of hydrogen-bond donors (Lipinski definition) is 2. The number of rotatable bonds is 3. The third kappa shape index (κ3) is 2.31. The Morgan fingerprint density at radius 2 is 2.00 bits per heavy atom. The highest BCUT2D eigenvalue weighted by Crippen LogP contribution is 2.15. The smallest absolute Gasteiger partial charge is 0.271 e. The van der Waals surface area contributed by atoms with Crippen LogP contribution in [0.25, 0.3) is 5.65 Å². The minimum absolute atomic E-state index is 0.229. The number of carbonyl (C=O) groups excluding carboxylic acids is 1. The van der Waals surface area contributed by atoms with Gasteiger partial charge in [0.25, 0.3) is 5.91 Å². The van der Waals surface area contributed by atoms with Crippen LogP contribution >= 0.6 is 0 Å². The van der Waals surface area contributed by atoms with E-state index in [1.165, 1.54) is 0 Å². The first-order chi connectivity index (χ1) is 9.76. The molecule has 0 fully saturated rings. The third-order valence-corrected chi connectivity index (χ3v) is 2.84. The molecular formula is C14H13N5O. The van der Waals surface area contributed by atoms with Crippen LogP contribution in [0.4, 0.5) is 11.4 Å². The molecule has 0 spiro atoms. The summed E-state index contributed by atoms with van der Waals surface area (Å²) in [6, 6.07) is 11.4. The van der Waals surface area contributed by atoms with Gasteiger partial charge in [-0.25, -0.2) is 9.50 Å². The Morgan fingerprint density at radius 3 is 2.75 bits per heavy atom. The van der Waals surface area contributed by atoms with Crippen molar-refractivity contribution in [3.63, 3.8) is 0 Å². The fourth-order valence-corrected chi connectivity index (χ4v) is 1.87. The Bertz CT molecular complexity index is 751. The standard InChI is InChI=1S/C14H13N5O/c1-15-14(20)12-7-13-16-8-11(9-19(13)18-12)17-10-5-3-2-4-6-10/h2-9,17H,1H3,(H,15,20). The minimum Gasteiger partial charge on any atom is -0.354 e. The summed E-state index contributed by atoms with van der Waals surface area (Å²) in [6.45, 7) is 0. The molecule has 0 aliphatic heterocycles. The van der Waals surface area contributed by atoms with Gasteiger partial charge in [0.2, 0.25) is 0 Å². The van der Waals surface area contributed by atoms with Gasteiger partial charge in [-0.05, 0) is 12.1 Å². The Balaban J connectivity index is 1.92. The van der Waals surface area contributed by atoms with Crippen LogP contribution in [0.2, 0.25) is 0 Å². The van der Waals surface area contributed by atoms with E-state index in [1.807, 2.05) is 30.3 Å². The highest BCUT2D eigenvalue weighted by Gasteiger charge is 2.09. The number of amides is 1. The minimum atomic E-state index is -0.229. The van der Waals surface area contributed by atoms with Crippen LogP contribution in [0.15, 0.2) is 48.8 Å². The second-order valence-corrected chi connectivity index (χ2v) is 4.25. The third-order valence-electron chi connectivity index (χ3n) is 2.84. The van der Waals surface area contributed by atoms with Gasteiger partial charge in [-0.2, -0.15) is 5.10 Å². The van der Waals surface area contributed by atoms with Crippen molar-refractivity contribution in [2.75, 3.05) is 12.4 Å². The van der Waals surface area contributed by atoms with E-state index >= 15 is 0 Å². The highest BCUT2D eigenvalue weighted by molar-refractivity contribution is 5.93. The maximum Gasteiger partial charge on any atom is 0.271 e. The van der Waals surface area contributed by atoms with Crippen molar-refractivity contribution < 1.29 is 4.79 Å². The lowest BCUT2D eigenvalue weighted by Crippen LogP contribution is -2.18. The van der Waals surface area contributed by atoms with E-state index in [0.717, 1.165) is 11.4 Å². The number of hydrogen-bond acceptors (Lipinski definition) is 4. The van der Waals surface area contributed by atoms with Crippen LogP contribution in [0.3, 0.4) is 0 Å². The molecular weight excluding hydrogens is 254 g/mol. The van der Waals surface area contributed by atoms with Crippen LogP contribution in [0, 0.1) is 0 Å². The van der Waals surface area contributed by atoms with E-state index in [4.69, 9.17) is 0 Å². The molecule has 0 unspecified atom stereocenters. The maximum absolute atomic E-state index is 11.5. The van der Waals surface area contributed by atoms with Crippen molar-refractivity contribution >= 4 is 22.9 Å². The molecule has 6 nitrogen and oxygen atoms in total. The predicted molar refractivity (Wildman–Crippen MR) is 76.1 cm³/mol. The predicted octanol–water partition coefficient (Wildman–Crippen LogP) is 1.83. The van der Waals surface area contributed by atoms with Crippen molar-refractivity contribution in [2.45, 2.75) is 0 Å². The van der Waals surface area contributed by atoms with E-state index < -0.39 is 0 Å². The maximum atomic E-state index is 11.5. The Labute approximate surface area is 115 Å². The van der Waals surface area contributed by atoms with Crippen LogP contribution in [-0.2, 0) is 0 Å². The summed E-state index contributed by atoms with van der Waals surface area (Å²) in [5.41, 5.74) is 2.74. The number of benzene rings is 1.